The number of halogens is 2. The van der Waals surface area contributed by atoms with Gasteiger partial charge in [-0.1, -0.05) is 41.4 Å². The Bertz CT molecular complexity index is 1360. The molecule has 1 N–H and O–H groups in total. The Morgan fingerprint density at radius 3 is 2.61 bits per heavy atom. The number of fused-ring (bicyclic) bond motifs is 3. The number of rotatable bonds is 4. The summed E-state index contributed by atoms with van der Waals surface area (Å²) in [7, 11) is 1.18. The van der Waals surface area contributed by atoms with E-state index in [2.05, 4.69) is 10.4 Å². The lowest BCUT2D eigenvalue weighted by atomic mass is 10.0. The molecule has 9 nitrogen and oxygen atoms in total. The maximum atomic E-state index is 13.4. The molecule has 0 unspecified atom stereocenters. The quantitative estimate of drug-likeness (QED) is 0.562. The molecule has 0 bridgehead atoms. The van der Waals surface area contributed by atoms with Crippen LogP contribution in [0.1, 0.15) is 34.2 Å². The lowest BCUT2D eigenvalue weighted by Crippen LogP contribution is -2.36. The fourth-order valence-electron chi connectivity index (χ4n) is 3.62. The van der Waals surface area contributed by atoms with Crippen molar-refractivity contribution in [1.82, 2.24) is 9.24 Å². The zero-order valence-corrected chi connectivity index (χ0v) is 19.1. The van der Waals surface area contributed by atoms with E-state index in [0.717, 1.165) is 4.68 Å². The molecule has 1 aromatic heterocycles. The van der Waals surface area contributed by atoms with Gasteiger partial charge in [0.05, 0.1) is 37.4 Å². The van der Waals surface area contributed by atoms with Crippen LogP contribution in [0.4, 0.5) is 4.79 Å². The lowest BCUT2D eigenvalue weighted by Gasteiger charge is -2.13. The lowest BCUT2D eigenvalue weighted by molar-refractivity contribution is 0.0588. The van der Waals surface area contributed by atoms with E-state index in [1.807, 2.05) is 6.07 Å². The maximum Gasteiger partial charge on any atom is 0.426 e. The average Bonchev–Trinajstić information content (AvgIpc) is 2.95. The van der Waals surface area contributed by atoms with Crippen LogP contribution >= 0.6 is 23.2 Å². The second-order valence-electron chi connectivity index (χ2n) is 6.88. The first-order chi connectivity index (χ1) is 15.9. The van der Waals surface area contributed by atoms with Crippen molar-refractivity contribution >= 4 is 41.0 Å². The topological polar surface area (TPSA) is 104 Å². The summed E-state index contributed by atoms with van der Waals surface area (Å²) in [6, 6.07) is 12.0. The second kappa shape index (κ2) is 9.13. The predicted octanol–water partition coefficient (Wildman–Crippen LogP) is 3.78. The van der Waals surface area contributed by atoms with Gasteiger partial charge in [-0.15, -0.1) is 0 Å². The second-order valence-corrected chi connectivity index (χ2v) is 7.72. The number of esters is 1. The molecule has 1 aliphatic heterocycles. The first-order valence-electron chi connectivity index (χ1n) is 9.85. The summed E-state index contributed by atoms with van der Waals surface area (Å²) in [5.41, 5.74) is 3.69. The Labute approximate surface area is 198 Å². The molecule has 0 atom stereocenters. The van der Waals surface area contributed by atoms with Gasteiger partial charge in [-0.3, -0.25) is 9.56 Å². The van der Waals surface area contributed by atoms with E-state index < -0.39 is 17.8 Å². The highest BCUT2D eigenvalue weighted by Gasteiger charge is 2.31. The van der Waals surface area contributed by atoms with Gasteiger partial charge in [0.15, 0.2) is 5.69 Å². The molecule has 0 aliphatic carbocycles. The van der Waals surface area contributed by atoms with Crippen molar-refractivity contribution in [1.29, 1.82) is 0 Å². The summed E-state index contributed by atoms with van der Waals surface area (Å²) in [5.74, 6) is -0.829. The van der Waals surface area contributed by atoms with E-state index in [1.54, 1.807) is 43.3 Å². The Morgan fingerprint density at radius 2 is 1.91 bits per heavy atom. The van der Waals surface area contributed by atoms with E-state index >= 15 is 0 Å². The van der Waals surface area contributed by atoms with Crippen LogP contribution in [0.2, 0.25) is 10.0 Å². The van der Waals surface area contributed by atoms with Crippen LogP contribution < -0.4 is 11.1 Å². The van der Waals surface area contributed by atoms with Crippen molar-refractivity contribution in [3.63, 3.8) is 0 Å². The number of amides is 1. The van der Waals surface area contributed by atoms with Gasteiger partial charge in [0.25, 0.3) is 0 Å². The van der Waals surface area contributed by atoms with Crippen LogP contribution in [0, 0.1) is 0 Å². The van der Waals surface area contributed by atoms with Gasteiger partial charge in [0.1, 0.15) is 0 Å². The normalized spacial score (nSPS) is 12.2. The number of nitrogens with one attached hydrogen (secondary N) is 1. The summed E-state index contributed by atoms with van der Waals surface area (Å²) in [4.78, 5) is 42.8. The van der Waals surface area contributed by atoms with Crippen LogP contribution in [-0.2, 0) is 16.0 Å². The number of hydrogen-bond acceptors (Lipinski definition) is 6. The van der Waals surface area contributed by atoms with Crippen LogP contribution in [-0.4, -0.2) is 40.7 Å². The minimum Gasteiger partial charge on any atom is -0.464 e. The molecule has 0 saturated carbocycles. The number of hydrogen-bond donors (Lipinski definition) is 1. The molecule has 33 heavy (non-hydrogen) atoms. The van der Waals surface area contributed by atoms with Crippen molar-refractivity contribution in [2.24, 2.45) is 4.99 Å². The van der Waals surface area contributed by atoms with E-state index in [0.29, 0.717) is 32.6 Å². The molecule has 1 amide bonds. The summed E-state index contributed by atoms with van der Waals surface area (Å²) < 4.78 is 11.8. The highest BCUT2D eigenvalue weighted by molar-refractivity contribution is 6.36. The monoisotopic (exact) mass is 488 g/mol. The predicted molar refractivity (Wildman–Crippen MR) is 124 cm³/mol. The van der Waals surface area contributed by atoms with Crippen molar-refractivity contribution in [3.8, 4) is 5.69 Å². The standard InChI is InChI=1S/C22H18Cl2N4O5/c1-3-33-21(30)26-28-19(20(29)32-2)17-11-25-18(13-6-4-5-7-15(13)24)14-10-12(23)8-9-16(14)27(17)22(28)31/h4-10H,3,11H2,1-2H3,(H,26,30). The molecule has 0 fully saturated rings. The Morgan fingerprint density at radius 1 is 1.15 bits per heavy atom. The average molecular weight is 489 g/mol. The zero-order valence-electron chi connectivity index (χ0n) is 17.6. The highest BCUT2D eigenvalue weighted by atomic mass is 35.5. The minimum atomic E-state index is -0.901. The van der Waals surface area contributed by atoms with Gasteiger partial charge in [-0.2, -0.15) is 4.68 Å². The molecule has 1 aliphatic rings. The van der Waals surface area contributed by atoms with Crippen molar-refractivity contribution in [2.45, 2.75) is 13.5 Å². The number of imidazole rings is 1. The molecule has 2 heterocycles. The van der Waals surface area contributed by atoms with E-state index in [4.69, 9.17) is 32.7 Å². The summed E-state index contributed by atoms with van der Waals surface area (Å²) in [5, 5.41) is 0.880. The summed E-state index contributed by atoms with van der Waals surface area (Å²) >= 11 is 12.7. The molecule has 11 heteroatoms. The van der Waals surface area contributed by atoms with Gasteiger partial charge in [-0.05, 0) is 31.2 Å². The molecular weight excluding hydrogens is 471 g/mol. The first-order valence-corrected chi connectivity index (χ1v) is 10.6. The number of carbonyl (C=O) groups is 2. The van der Waals surface area contributed by atoms with Crippen LogP contribution in [0.5, 0.6) is 0 Å². The molecule has 0 radical (unpaired) electrons. The number of nitrogens with zero attached hydrogens (tertiary/aromatic N) is 3. The fraction of sp³-hybridized carbons (Fsp3) is 0.182. The minimum absolute atomic E-state index is 0.0779. The largest absolute Gasteiger partial charge is 0.464 e. The molecule has 3 aromatic rings. The van der Waals surface area contributed by atoms with Crippen LogP contribution in [0.15, 0.2) is 52.3 Å². The molecule has 170 valence electrons. The van der Waals surface area contributed by atoms with Crippen LogP contribution in [0.25, 0.3) is 5.69 Å². The Kier molecular flexibility index (Phi) is 6.26. The first kappa shape index (κ1) is 22.6. The third-order valence-electron chi connectivity index (χ3n) is 4.98. The summed E-state index contributed by atoms with van der Waals surface area (Å²) in [6.07, 6.45) is -0.901. The molecule has 4 rings (SSSR count). The molecule has 0 spiro atoms. The van der Waals surface area contributed by atoms with E-state index in [-0.39, 0.29) is 24.5 Å². The van der Waals surface area contributed by atoms with Crippen molar-refractivity contribution in [2.75, 3.05) is 19.1 Å². The smallest absolute Gasteiger partial charge is 0.426 e. The van der Waals surface area contributed by atoms with Gasteiger partial charge >= 0.3 is 17.8 Å². The SMILES string of the molecule is CCOC(=O)Nn1c(C(=O)OC)c2n(c1=O)-c1ccc(Cl)cc1C(c1ccccc1Cl)=NC2. The van der Waals surface area contributed by atoms with Gasteiger partial charge in [0.2, 0.25) is 0 Å². The third kappa shape index (κ3) is 4.01. The number of aliphatic imine (C=N–C) groups is 1. The van der Waals surface area contributed by atoms with Crippen molar-refractivity contribution < 1.29 is 19.1 Å². The van der Waals surface area contributed by atoms with Gasteiger partial charge < -0.3 is 9.47 Å². The number of methoxy groups -OCH3 is 1. The number of aromatic nitrogens is 2. The summed E-state index contributed by atoms with van der Waals surface area (Å²) in [6.45, 7) is 1.61. The van der Waals surface area contributed by atoms with Crippen molar-refractivity contribution in [3.05, 3.63) is 85.5 Å². The van der Waals surface area contributed by atoms with Crippen LogP contribution in [0.3, 0.4) is 0 Å². The van der Waals surface area contributed by atoms with Gasteiger partial charge in [-0.25, -0.2) is 19.8 Å². The number of benzene rings is 2. The fourth-order valence-corrected chi connectivity index (χ4v) is 4.02. The maximum absolute atomic E-state index is 13.4. The van der Waals surface area contributed by atoms with E-state index in [1.165, 1.54) is 11.7 Å². The Hall–Kier alpha value is -3.56. The van der Waals surface area contributed by atoms with E-state index in [9.17, 15) is 14.4 Å². The molecular formula is C22H18Cl2N4O5. The number of carbonyl (C=O) groups excluding carboxylic acids is 2. The molecule has 2 aromatic carbocycles. The molecule has 0 saturated heterocycles. The third-order valence-corrected chi connectivity index (χ3v) is 5.54. The Balaban J connectivity index is 2.01. The highest BCUT2D eigenvalue weighted by Crippen LogP contribution is 2.30. The number of ether oxygens (including phenoxy) is 2. The van der Waals surface area contributed by atoms with Gasteiger partial charge in [0, 0.05) is 21.2 Å². The zero-order chi connectivity index (χ0) is 23.7.